The fourth-order valence-electron chi connectivity index (χ4n) is 12.1. The zero-order chi connectivity index (χ0) is 36.4. The number of ether oxygens (including phenoxy) is 1. The second kappa shape index (κ2) is 14.0. The van der Waals surface area contributed by atoms with Crippen LogP contribution in [0.2, 0.25) is 0 Å². The molecule has 0 aromatic heterocycles. The first-order chi connectivity index (χ1) is 25.0. The third-order valence-electron chi connectivity index (χ3n) is 14.8. The number of allylic oxidation sites excluding steroid dienone is 2. The number of ketones is 1. The molecule has 2 aromatic carbocycles. The first-order valence-corrected chi connectivity index (χ1v) is 20.2. The number of rotatable bonds is 8. The van der Waals surface area contributed by atoms with E-state index in [1.54, 1.807) is 5.57 Å². The molecule has 0 bridgehead atoms. The van der Waals surface area contributed by atoms with Crippen LogP contribution in [0.25, 0.3) is 0 Å². The number of carbonyl (C=O) groups excluding carboxylic acids is 2. The summed E-state index contributed by atoms with van der Waals surface area (Å²) < 4.78 is 7.33. The zero-order valence-electron chi connectivity index (χ0n) is 31.7. The van der Waals surface area contributed by atoms with E-state index in [1.165, 1.54) is 30.4 Å². The molecule has 278 valence electrons. The van der Waals surface area contributed by atoms with Crippen molar-refractivity contribution in [3.63, 3.8) is 0 Å². The van der Waals surface area contributed by atoms with E-state index in [2.05, 4.69) is 44.0 Å². The molecular weight excluding hydrogens is 647 g/mol. The van der Waals surface area contributed by atoms with Gasteiger partial charge in [0.1, 0.15) is 0 Å². The average Bonchev–Trinajstić information content (AvgIpc) is 3.66. The highest BCUT2D eigenvalue weighted by Crippen LogP contribution is 2.65. The van der Waals surface area contributed by atoms with Crippen molar-refractivity contribution < 1.29 is 19.4 Å². The molecule has 4 N–H and O–H groups in total. The summed E-state index contributed by atoms with van der Waals surface area (Å²) in [6.45, 7) is 12.1. The highest BCUT2D eigenvalue weighted by atomic mass is 16.5. The molecule has 1 unspecified atom stereocenters. The predicted molar refractivity (Wildman–Crippen MR) is 205 cm³/mol. The number of piperidine rings is 1. The number of fused-ring (bicyclic) bond motifs is 6. The van der Waals surface area contributed by atoms with Crippen molar-refractivity contribution in [1.29, 1.82) is 0 Å². The number of nitrogens with zero attached hydrogens (tertiary/aromatic N) is 1. The standard InChI is InChI=1S/C45H59N3O4/c1-27-22-40-41(48(26-27)21-20-47-43(51)39(46)23-30-10-12-32(13-11-30)42(50)31-8-6-5-7-9-31)29(3)45(52-40)19-17-35-36-15-14-33-24-34(49)16-18-44(33,4)38(36)25-37(35)28(45)2/h5-14,27,29,34-36,38-41,49H,15-26,46H2,1-4H3,(H,47,51)/t27-,29+,34-,35-,36-,38-,39-,40+,41-,44-,45?/m0/s1. The van der Waals surface area contributed by atoms with E-state index >= 15 is 0 Å². The van der Waals surface area contributed by atoms with Crippen LogP contribution in [0.5, 0.6) is 0 Å². The molecule has 6 aliphatic rings. The van der Waals surface area contributed by atoms with Crippen molar-refractivity contribution in [3.8, 4) is 0 Å². The molecule has 1 amide bonds. The summed E-state index contributed by atoms with van der Waals surface area (Å²) in [7, 11) is 0. The smallest absolute Gasteiger partial charge is 0.237 e. The first kappa shape index (κ1) is 35.9. The van der Waals surface area contributed by atoms with Crippen molar-refractivity contribution >= 4 is 11.7 Å². The molecule has 2 saturated heterocycles. The molecule has 11 atom stereocenters. The van der Waals surface area contributed by atoms with Gasteiger partial charge >= 0.3 is 0 Å². The predicted octanol–water partition coefficient (Wildman–Crippen LogP) is 6.63. The van der Waals surface area contributed by atoms with Crippen molar-refractivity contribution in [1.82, 2.24) is 10.2 Å². The number of carbonyl (C=O) groups is 2. The Morgan fingerprint density at radius 2 is 1.79 bits per heavy atom. The summed E-state index contributed by atoms with van der Waals surface area (Å²) in [6, 6.07) is 16.4. The highest BCUT2D eigenvalue weighted by molar-refractivity contribution is 6.08. The minimum atomic E-state index is -0.660. The number of likely N-dealkylation sites (tertiary alicyclic amines) is 1. The minimum Gasteiger partial charge on any atom is -0.393 e. The lowest BCUT2D eigenvalue weighted by Gasteiger charge is -2.49. The lowest BCUT2D eigenvalue weighted by Crippen LogP contribution is -2.54. The molecule has 2 heterocycles. The van der Waals surface area contributed by atoms with Gasteiger partial charge in [-0.05, 0) is 105 Å². The van der Waals surface area contributed by atoms with Crippen molar-refractivity contribution in [2.24, 2.45) is 40.7 Å². The van der Waals surface area contributed by atoms with E-state index in [1.807, 2.05) is 54.6 Å². The number of aliphatic hydroxyl groups excluding tert-OH is 1. The maximum absolute atomic E-state index is 13.2. The van der Waals surface area contributed by atoms with Gasteiger partial charge < -0.3 is 20.9 Å². The van der Waals surface area contributed by atoms with Crippen LogP contribution >= 0.6 is 0 Å². The van der Waals surface area contributed by atoms with E-state index < -0.39 is 6.04 Å². The van der Waals surface area contributed by atoms with Crippen molar-refractivity contribution in [2.75, 3.05) is 19.6 Å². The van der Waals surface area contributed by atoms with Crippen LogP contribution in [0.15, 0.2) is 77.4 Å². The van der Waals surface area contributed by atoms with Gasteiger partial charge in [-0.2, -0.15) is 0 Å². The maximum Gasteiger partial charge on any atom is 0.237 e. The molecule has 2 aliphatic heterocycles. The van der Waals surface area contributed by atoms with E-state index in [-0.39, 0.29) is 34.9 Å². The molecule has 0 radical (unpaired) electrons. The number of hydrogen-bond donors (Lipinski definition) is 3. The second-order valence-electron chi connectivity index (χ2n) is 17.7. The molecular formula is C45H59N3O4. The topological polar surface area (TPSA) is 105 Å². The van der Waals surface area contributed by atoms with Gasteiger partial charge in [-0.1, -0.05) is 92.6 Å². The molecule has 8 rings (SSSR count). The monoisotopic (exact) mass is 705 g/mol. The normalized spacial score (nSPS) is 37.5. The van der Waals surface area contributed by atoms with Gasteiger partial charge in [-0.15, -0.1) is 0 Å². The van der Waals surface area contributed by atoms with E-state index in [9.17, 15) is 14.7 Å². The molecule has 2 saturated carbocycles. The number of hydrogen-bond acceptors (Lipinski definition) is 6. The summed E-state index contributed by atoms with van der Waals surface area (Å²) in [5.74, 6) is 2.82. The van der Waals surface area contributed by atoms with Crippen LogP contribution in [0, 0.1) is 35.0 Å². The molecule has 52 heavy (non-hydrogen) atoms. The SMILES string of the molecule is CC1=C2C[C@H]3[C@@H](CC=C4C[C@@H](O)CC[C@@]43C)[C@@H]2CCC12O[C@@H]1C[C@H](C)CN(CCNC(=O)[C@@H](N)Cc3ccc(C(=O)c4ccccc4)cc3)[C@H]1[C@H]2C. The lowest BCUT2D eigenvalue weighted by molar-refractivity contribution is -0.122. The van der Waals surface area contributed by atoms with Crippen LogP contribution in [0.3, 0.4) is 0 Å². The quantitative estimate of drug-likeness (QED) is 0.211. The van der Waals surface area contributed by atoms with Crippen LogP contribution in [-0.4, -0.2) is 71.2 Å². The maximum atomic E-state index is 13.2. The van der Waals surface area contributed by atoms with Crippen molar-refractivity contribution in [3.05, 3.63) is 94.1 Å². The van der Waals surface area contributed by atoms with Crippen molar-refractivity contribution in [2.45, 2.75) is 115 Å². The first-order valence-electron chi connectivity index (χ1n) is 20.2. The zero-order valence-corrected chi connectivity index (χ0v) is 31.7. The van der Waals surface area contributed by atoms with Gasteiger partial charge in [-0.25, -0.2) is 0 Å². The Hall–Kier alpha value is -3.10. The Morgan fingerprint density at radius 1 is 1.04 bits per heavy atom. The van der Waals surface area contributed by atoms with Crippen LogP contribution in [0.4, 0.5) is 0 Å². The number of aliphatic hydroxyl groups is 1. The van der Waals surface area contributed by atoms with Gasteiger partial charge in [0.2, 0.25) is 5.91 Å². The van der Waals surface area contributed by atoms with Gasteiger partial charge in [0.15, 0.2) is 5.78 Å². The number of benzene rings is 2. The third-order valence-corrected chi connectivity index (χ3v) is 14.8. The largest absolute Gasteiger partial charge is 0.393 e. The fourth-order valence-corrected chi connectivity index (χ4v) is 12.1. The highest BCUT2D eigenvalue weighted by Gasteiger charge is 2.61. The lowest BCUT2D eigenvalue weighted by atomic mass is 9.56. The Bertz CT molecular complexity index is 1740. The van der Waals surface area contributed by atoms with E-state index in [0.717, 1.165) is 56.7 Å². The van der Waals surface area contributed by atoms with Gasteiger partial charge in [0, 0.05) is 42.7 Å². The molecule has 1 spiro atoms. The minimum absolute atomic E-state index is 0.0148. The molecule has 7 nitrogen and oxygen atoms in total. The van der Waals surface area contributed by atoms with Crippen LogP contribution in [-0.2, 0) is 16.0 Å². The van der Waals surface area contributed by atoms with Gasteiger partial charge in [-0.3, -0.25) is 14.5 Å². The number of amides is 1. The van der Waals surface area contributed by atoms with Gasteiger partial charge in [0.25, 0.3) is 0 Å². The Labute approximate surface area is 310 Å². The van der Waals surface area contributed by atoms with E-state index in [0.29, 0.717) is 53.8 Å². The summed E-state index contributed by atoms with van der Waals surface area (Å²) in [6.07, 6.45) is 11.7. The molecule has 2 aromatic rings. The number of nitrogens with one attached hydrogen (secondary N) is 1. The Morgan fingerprint density at radius 3 is 2.56 bits per heavy atom. The molecule has 4 aliphatic carbocycles. The molecule has 4 fully saturated rings. The molecule has 7 heteroatoms. The van der Waals surface area contributed by atoms with Crippen LogP contribution < -0.4 is 11.1 Å². The summed E-state index contributed by atoms with van der Waals surface area (Å²) in [5.41, 5.74) is 13.4. The summed E-state index contributed by atoms with van der Waals surface area (Å²) >= 11 is 0. The third kappa shape index (κ3) is 6.14. The summed E-state index contributed by atoms with van der Waals surface area (Å²) in [4.78, 5) is 28.6. The Balaban J connectivity index is 0.899. The second-order valence-corrected chi connectivity index (χ2v) is 17.7. The summed E-state index contributed by atoms with van der Waals surface area (Å²) in [5, 5.41) is 13.6. The fraction of sp³-hybridized carbons (Fsp3) is 0.600. The Kier molecular flexibility index (Phi) is 9.63. The van der Waals surface area contributed by atoms with E-state index in [4.69, 9.17) is 10.5 Å². The van der Waals surface area contributed by atoms with Gasteiger partial charge in [0.05, 0.1) is 23.9 Å². The van der Waals surface area contributed by atoms with Crippen LogP contribution in [0.1, 0.15) is 101 Å². The number of nitrogens with two attached hydrogens (primary N) is 1. The average molecular weight is 706 g/mol.